The quantitative estimate of drug-likeness (QED) is 0.635. The Bertz CT molecular complexity index is 1080. The van der Waals surface area contributed by atoms with Crippen molar-refractivity contribution in [1.82, 2.24) is 14.9 Å². The highest BCUT2D eigenvalue weighted by Gasteiger charge is 2.24. The Morgan fingerprint density at radius 2 is 1.81 bits per heavy atom. The molecule has 0 aliphatic carbocycles. The molecule has 0 bridgehead atoms. The largest absolute Gasteiger partial charge is 0.496 e. The number of para-hydroxylation sites is 1. The Kier molecular flexibility index (Phi) is 6.23. The van der Waals surface area contributed by atoms with Crippen LogP contribution in [0, 0.1) is 0 Å². The first kappa shape index (κ1) is 20.9. The molecular weight excluding hydrogens is 414 g/mol. The molecule has 1 fully saturated rings. The first-order chi connectivity index (χ1) is 15.1. The fraction of sp³-hybridized carbons (Fsp3) is 0.261. The predicted molar refractivity (Wildman–Crippen MR) is 122 cm³/mol. The van der Waals surface area contributed by atoms with E-state index in [1.54, 1.807) is 12.0 Å². The van der Waals surface area contributed by atoms with E-state index in [0.717, 1.165) is 23.4 Å². The van der Waals surface area contributed by atoms with Crippen LogP contribution in [0.15, 0.2) is 60.9 Å². The number of benzene rings is 2. The summed E-state index contributed by atoms with van der Waals surface area (Å²) in [6.45, 7) is 1.68. The molecule has 1 aromatic heterocycles. The molecule has 7 nitrogen and oxygen atoms in total. The number of nitrogens with zero attached hydrogens (tertiary/aromatic N) is 4. The van der Waals surface area contributed by atoms with Gasteiger partial charge in [0.2, 0.25) is 5.91 Å². The van der Waals surface area contributed by atoms with Gasteiger partial charge in [0, 0.05) is 36.8 Å². The third kappa shape index (κ3) is 4.56. The SMILES string of the molecule is COc1ccccc1C(Nc1cc(N2CCN(C)C(=O)C2)ncn1)c1ccccc1Cl. The maximum atomic E-state index is 12.1. The molecule has 1 aliphatic rings. The molecular formula is C23H24ClN5O2. The predicted octanol–water partition coefficient (Wildman–Crippen LogP) is 3.62. The molecule has 2 heterocycles. The van der Waals surface area contributed by atoms with Crippen LogP contribution in [0.1, 0.15) is 17.2 Å². The number of aromatic nitrogens is 2. The van der Waals surface area contributed by atoms with Gasteiger partial charge in [-0.2, -0.15) is 0 Å². The Morgan fingerprint density at radius 1 is 1.06 bits per heavy atom. The van der Waals surface area contributed by atoms with Crippen molar-refractivity contribution in [2.75, 3.05) is 44.0 Å². The van der Waals surface area contributed by atoms with Crippen LogP contribution in [0.5, 0.6) is 5.75 Å². The first-order valence-electron chi connectivity index (χ1n) is 10.0. The molecule has 1 aliphatic heterocycles. The molecule has 0 saturated carbocycles. The van der Waals surface area contributed by atoms with Crippen LogP contribution in [-0.2, 0) is 4.79 Å². The summed E-state index contributed by atoms with van der Waals surface area (Å²) in [4.78, 5) is 24.6. The highest BCUT2D eigenvalue weighted by Crippen LogP contribution is 2.36. The number of rotatable bonds is 6. The van der Waals surface area contributed by atoms with Gasteiger partial charge in [-0.05, 0) is 17.7 Å². The summed E-state index contributed by atoms with van der Waals surface area (Å²) in [5.74, 6) is 2.16. The number of ether oxygens (including phenoxy) is 1. The minimum Gasteiger partial charge on any atom is -0.496 e. The molecule has 8 heteroatoms. The summed E-state index contributed by atoms with van der Waals surface area (Å²) in [5.41, 5.74) is 1.84. The molecule has 1 amide bonds. The minimum absolute atomic E-state index is 0.0716. The summed E-state index contributed by atoms with van der Waals surface area (Å²) in [5, 5.41) is 4.13. The van der Waals surface area contributed by atoms with Crippen LogP contribution in [-0.4, -0.2) is 54.6 Å². The smallest absolute Gasteiger partial charge is 0.241 e. The van der Waals surface area contributed by atoms with Crippen molar-refractivity contribution in [3.63, 3.8) is 0 Å². The minimum atomic E-state index is -0.290. The van der Waals surface area contributed by atoms with Gasteiger partial charge in [-0.1, -0.05) is 48.0 Å². The van der Waals surface area contributed by atoms with E-state index in [2.05, 4.69) is 15.3 Å². The van der Waals surface area contributed by atoms with Crippen molar-refractivity contribution in [2.45, 2.75) is 6.04 Å². The maximum absolute atomic E-state index is 12.1. The van der Waals surface area contributed by atoms with Crippen LogP contribution in [0.4, 0.5) is 11.6 Å². The number of carbonyl (C=O) groups is 1. The fourth-order valence-electron chi connectivity index (χ4n) is 3.64. The number of amides is 1. The molecule has 3 aromatic rings. The van der Waals surface area contributed by atoms with Crippen molar-refractivity contribution in [3.8, 4) is 5.75 Å². The van der Waals surface area contributed by atoms with Gasteiger partial charge in [0.15, 0.2) is 0 Å². The second-order valence-electron chi connectivity index (χ2n) is 7.34. The monoisotopic (exact) mass is 437 g/mol. The average molecular weight is 438 g/mol. The summed E-state index contributed by atoms with van der Waals surface area (Å²) in [7, 11) is 3.46. The number of nitrogens with one attached hydrogen (secondary N) is 1. The van der Waals surface area contributed by atoms with E-state index < -0.39 is 0 Å². The molecule has 0 spiro atoms. The summed E-state index contributed by atoms with van der Waals surface area (Å²) < 4.78 is 5.60. The van der Waals surface area contributed by atoms with E-state index in [-0.39, 0.29) is 11.9 Å². The zero-order valence-corrected chi connectivity index (χ0v) is 18.2. The zero-order valence-electron chi connectivity index (χ0n) is 17.5. The van der Waals surface area contributed by atoms with Crippen molar-refractivity contribution in [3.05, 3.63) is 77.1 Å². The van der Waals surface area contributed by atoms with Gasteiger partial charge in [0.05, 0.1) is 19.7 Å². The van der Waals surface area contributed by atoms with Crippen molar-refractivity contribution in [1.29, 1.82) is 0 Å². The topological polar surface area (TPSA) is 70.6 Å². The number of hydrogen-bond acceptors (Lipinski definition) is 6. The molecule has 1 saturated heterocycles. The zero-order chi connectivity index (χ0) is 21.8. The van der Waals surface area contributed by atoms with Crippen molar-refractivity contribution >= 4 is 29.1 Å². The molecule has 1 atom stereocenters. The van der Waals surface area contributed by atoms with Crippen LogP contribution in [0.3, 0.4) is 0 Å². The number of piperazine rings is 1. The Hall–Kier alpha value is -3.32. The molecule has 0 radical (unpaired) electrons. The first-order valence-corrected chi connectivity index (χ1v) is 10.4. The number of methoxy groups -OCH3 is 1. The molecule has 2 aromatic carbocycles. The lowest BCUT2D eigenvalue weighted by atomic mass is 9.97. The van der Waals surface area contributed by atoms with Gasteiger partial charge in [-0.25, -0.2) is 9.97 Å². The van der Waals surface area contributed by atoms with Crippen molar-refractivity contribution < 1.29 is 9.53 Å². The number of anilines is 2. The van der Waals surface area contributed by atoms with Crippen LogP contribution >= 0.6 is 11.6 Å². The van der Waals surface area contributed by atoms with E-state index in [4.69, 9.17) is 16.3 Å². The standard InChI is InChI=1S/C23H24ClN5O2/c1-28-11-12-29(14-22(28)30)21-13-20(25-15-26-21)27-23(16-7-3-5-9-18(16)24)17-8-4-6-10-19(17)31-2/h3-10,13,15,23H,11-12,14H2,1-2H3,(H,25,26,27). The van der Waals surface area contributed by atoms with E-state index in [9.17, 15) is 4.79 Å². The number of halogens is 1. The normalized spacial score (nSPS) is 15.0. The number of carbonyl (C=O) groups excluding carboxylic acids is 1. The van der Waals surface area contributed by atoms with E-state index in [0.29, 0.717) is 29.7 Å². The van der Waals surface area contributed by atoms with Crippen molar-refractivity contribution in [2.24, 2.45) is 0 Å². The van der Waals surface area contributed by atoms with Gasteiger partial charge in [0.1, 0.15) is 23.7 Å². The molecule has 1 unspecified atom stereocenters. The van der Waals surface area contributed by atoms with Gasteiger partial charge in [-0.3, -0.25) is 4.79 Å². The third-order valence-electron chi connectivity index (χ3n) is 5.39. The van der Waals surface area contributed by atoms with Gasteiger partial charge < -0.3 is 19.9 Å². The van der Waals surface area contributed by atoms with Crippen LogP contribution in [0.25, 0.3) is 0 Å². The summed E-state index contributed by atoms with van der Waals surface area (Å²) in [6, 6.07) is 17.1. The van der Waals surface area contributed by atoms with Gasteiger partial charge in [0.25, 0.3) is 0 Å². The third-order valence-corrected chi connectivity index (χ3v) is 5.74. The average Bonchev–Trinajstić information content (AvgIpc) is 2.80. The Morgan fingerprint density at radius 3 is 2.55 bits per heavy atom. The molecule has 31 heavy (non-hydrogen) atoms. The Balaban J connectivity index is 1.68. The molecule has 4 rings (SSSR count). The lowest BCUT2D eigenvalue weighted by Crippen LogP contribution is -2.48. The lowest BCUT2D eigenvalue weighted by molar-refractivity contribution is -0.129. The second-order valence-corrected chi connectivity index (χ2v) is 7.75. The summed E-state index contributed by atoms with van der Waals surface area (Å²) in [6.07, 6.45) is 1.51. The van der Waals surface area contributed by atoms with Crippen LogP contribution < -0.4 is 15.0 Å². The molecule has 160 valence electrons. The van der Waals surface area contributed by atoms with Crippen LogP contribution in [0.2, 0.25) is 5.02 Å². The second kappa shape index (κ2) is 9.22. The number of hydrogen-bond donors (Lipinski definition) is 1. The highest BCUT2D eigenvalue weighted by atomic mass is 35.5. The molecule has 1 N–H and O–H groups in total. The van der Waals surface area contributed by atoms with E-state index in [1.165, 1.54) is 6.33 Å². The van der Waals surface area contributed by atoms with Gasteiger partial charge >= 0.3 is 0 Å². The Labute approximate surface area is 186 Å². The maximum Gasteiger partial charge on any atom is 0.241 e. The summed E-state index contributed by atoms with van der Waals surface area (Å²) >= 11 is 6.55. The number of likely N-dealkylation sites (N-methyl/N-ethyl adjacent to an activating group) is 1. The fourth-order valence-corrected chi connectivity index (χ4v) is 3.88. The van der Waals surface area contributed by atoms with Gasteiger partial charge in [-0.15, -0.1) is 0 Å². The van der Waals surface area contributed by atoms with E-state index >= 15 is 0 Å². The highest BCUT2D eigenvalue weighted by molar-refractivity contribution is 6.31. The lowest BCUT2D eigenvalue weighted by Gasteiger charge is -2.32. The van der Waals surface area contributed by atoms with E-state index in [1.807, 2.05) is 66.5 Å².